The van der Waals surface area contributed by atoms with Gasteiger partial charge in [-0.1, -0.05) is 28.9 Å². The lowest BCUT2D eigenvalue weighted by molar-refractivity contribution is -0.116. The summed E-state index contributed by atoms with van der Waals surface area (Å²) < 4.78 is 0.952. The number of aryl methyl sites for hydroxylation is 1. The van der Waals surface area contributed by atoms with E-state index in [-0.39, 0.29) is 29.9 Å². The van der Waals surface area contributed by atoms with E-state index in [1.54, 1.807) is 0 Å². The van der Waals surface area contributed by atoms with E-state index < -0.39 is 0 Å². The van der Waals surface area contributed by atoms with Crippen molar-refractivity contribution in [3.8, 4) is 0 Å². The number of hydrogen-bond acceptors (Lipinski definition) is 2. The summed E-state index contributed by atoms with van der Waals surface area (Å²) in [6.45, 7) is 7.52. The molecule has 24 heavy (non-hydrogen) atoms. The van der Waals surface area contributed by atoms with Crippen LogP contribution in [0.1, 0.15) is 32.3 Å². The van der Waals surface area contributed by atoms with Crippen LogP contribution in [0.3, 0.4) is 0 Å². The van der Waals surface area contributed by atoms with Gasteiger partial charge in [0.05, 0.1) is 6.54 Å². The second kappa shape index (κ2) is 10.2. The van der Waals surface area contributed by atoms with Crippen molar-refractivity contribution in [2.45, 2.75) is 39.7 Å². The van der Waals surface area contributed by atoms with Crippen molar-refractivity contribution in [1.82, 2.24) is 10.6 Å². The lowest BCUT2D eigenvalue weighted by Crippen LogP contribution is -2.39. The van der Waals surface area contributed by atoms with Crippen molar-refractivity contribution in [2.24, 2.45) is 10.9 Å². The SMILES string of the molecule is CCNC(=NCCC(=O)Nc1cc(Br)ccc1C)NC1CC1C.I. The zero-order chi connectivity index (χ0) is 16.8. The van der Waals surface area contributed by atoms with Gasteiger partial charge in [0, 0.05) is 29.2 Å². The zero-order valence-corrected chi connectivity index (χ0v) is 18.3. The number of aliphatic imine (C=N–C) groups is 1. The molecule has 0 bridgehead atoms. The summed E-state index contributed by atoms with van der Waals surface area (Å²) in [6.07, 6.45) is 1.55. The number of nitrogens with one attached hydrogen (secondary N) is 3. The Morgan fingerprint density at radius 3 is 2.75 bits per heavy atom. The summed E-state index contributed by atoms with van der Waals surface area (Å²) in [6, 6.07) is 6.37. The molecule has 0 aromatic heterocycles. The number of amides is 1. The number of halogens is 2. The van der Waals surface area contributed by atoms with Crippen LogP contribution in [0.2, 0.25) is 0 Å². The van der Waals surface area contributed by atoms with Gasteiger partial charge in [-0.3, -0.25) is 9.79 Å². The summed E-state index contributed by atoms with van der Waals surface area (Å²) in [5.41, 5.74) is 1.88. The minimum atomic E-state index is -0.0226. The maximum atomic E-state index is 12.1. The van der Waals surface area contributed by atoms with Crippen molar-refractivity contribution in [2.75, 3.05) is 18.4 Å². The van der Waals surface area contributed by atoms with Crippen LogP contribution in [0.5, 0.6) is 0 Å². The first-order chi connectivity index (χ1) is 11.0. The lowest BCUT2D eigenvalue weighted by atomic mass is 10.2. The number of nitrogens with zero attached hydrogens (tertiary/aromatic N) is 1. The van der Waals surface area contributed by atoms with E-state index in [1.807, 2.05) is 32.0 Å². The topological polar surface area (TPSA) is 65.5 Å². The molecule has 0 radical (unpaired) electrons. The highest BCUT2D eigenvalue weighted by molar-refractivity contribution is 14.0. The molecular weight excluding hydrogens is 483 g/mol. The van der Waals surface area contributed by atoms with Crippen molar-refractivity contribution in [3.05, 3.63) is 28.2 Å². The molecule has 0 aliphatic heterocycles. The van der Waals surface area contributed by atoms with Gasteiger partial charge < -0.3 is 16.0 Å². The van der Waals surface area contributed by atoms with Crippen LogP contribution in [0.4, 0.5) is 5.69 Å². The van der Waals surface area contributed by atoms with E-state index >= 15 is 0 Å². The molecule has 2 unspecified atom stereocenters. The van der Waals surface area contributed by atoms with Gasteiger partial charge in [-0.2, -0.15) is 0 Å². The molecule has 1 aromatic carbocycles. The van der Waals surface area contributed by atoms with E-state index in [9.17, 15) is 4.79 Å². The average Bonchev–Trinajstić information content (AvgIpc) is 3.18. The molecular formula is C17H26BrIN4O. The molecule has 1 aromatic rings. The van der Waals surface area contributed by atoms with Gasteiger partial charge in [0.15, 0.2) is 5.96 Å². The van der Waals surface area contributed by atoms with E-state index in [1.165, 1.54) is 6.42 Å². The van der Waals surface area contributed by atoms with E-state index in [2.05, 4.69) is 43.8 Å². The second-order valence-corrected chi connectivity index (χ2v) is 6.90. The van der Waals surface area contributed by atoms with Crippen LogP contribution >= 0.6 is 39.9 Å². The molecule has 0 spiro atoms. The largest absolute Gasteiger partial charge is 0.357 e. The molecule has 1 fully saturated rings. The van der Waals surface area contributed by atoms with Crippen molar-refractivity contribution >= 4 is 57.5 Å². The first-order valence-corrected chi connectivity index (χ1v) is 8.89. The summed E-state index contributed by atoms with van der Waals surface area (Å²) in [5, 5.41) is 9.54. The summed E-state index contributed by atoms with van der Waals surface area (Å²) in [4.78, 5) is 16.5. The monoisotopic (exact) mass is 508 g/mol. The molecule has 3 N–H and O–H groups in total. The Morgan fingerprint density at radius 2 is 2.12 bits per heavy atom. The van der Waals surface area contributed by atoms with E-state index in [0.29, 0.717) is 24.9 Å². The predicted molar refractivity (Wildman–Crippen MR) is 114 cm³/mol. The Hall–Kier alpha value is -0.830. The fraction of sp³-hybridized carbons (Fsp3) is 0.529. The molecule has 2 rings (SSSR count). The molecule has 134 valence electrons. The normalized spacial score (nSPS) is 19.2. The second-order valence-electron chi connectivity index (χ2n) is 5.98. The van der Waals surface area contributed by atoms with Crippen LogP contribution in [0.25, 0.3) is 0 Å². The maximum absolute atomic E-state index is 12.1. The third-order valence-electron chi connectivity index (χ3n) is 3.86. The number of carbonyl (C=O) groups excluding carboxylic acids is 1. The molecule has 5 nitrogen and oxygen atoms in total. The molecule has 1 saturated carbocycles. The maximum Gasteiger partial charge on any atom is 0.226 e. The van der Waals surface area contributed by atoms with Crippen LogP contribution in [0.15, 0.2) is 27.7 Å². The quantitative estimate of drug-likeness (QED) is 0.312. The molecule has 1 aliphatic carbocycles. The van der Waals surface area contributed by atoms with Gasteiger partial charge in [0.1, 0.15) is 0 Å². The van der Waals surface area contributed by atoms with Crippen LogP contribution in [0, 0.1) is 12.8 Å². The standard InChI is InChI=1S/C17H25BrN4O.HI/c1-4-19-17(22-14-9-12(14)3)20-8-7-16(23)21-15-10-13(18)6-5-11(15)2;/h5-6,10,12,14H,4,7-9H2,1-3H3,(H,21,23)(H2,19,20,22);1H. The number of carbonyl (C=O) groups is 1. The molecule has 0 heterocycles. The van der Waals surface area contributed by atoms with E-state index in [0.717, 1.165) is 28.2 Å². The Morgan fingerprint density at radius 1 is 1.42 bits per heavy atom. The van der Waals surface area contributed by atoms with Gasteiger partial charge in [-0.15, -0.1) is 24.0 Å². The Balaban J connectivity index is 0.00000288. The first-order valence-electron chi connectivity index (χ1n) is 8.10. The molecule has 1 aliphatic rings. The van der Waals surface area contributed by atoms with Crippen LogP contribution in [-0.4, -0.2) is 31.0 Å². The fourth-order valence-corrected chi connectivity index (χ4v) is 2.59. The number of guanidine groups is 1. The minimum absolute atomic E-state index is 0. The third-order valence-corrected chi connectivity index (χ3v) is 4.35. The molecule has 2 atom stereocenters. The van der Waals surface area contributed by atoms with Crippen molar-refractivity contribution < 1.29 is 4.79 Å². The summed E-state index contributed by atoms with van der Waals surface area (Å²) >= 11 is 3.42. The highest BCUT2D eigenvalue weighted by atomic mass is 127. The van der Waals surface area contributed by atoms with Crippen molar-refractivity contribution in [1.29, 1.82) is 0 Å². The Bertz CT molecular complexity index is 594. The smallest absolute Gasteiger partial charge is 0.226 e. The average molecular weight is 509 g/mol. The minimum Gasteiger partial charge on any atom is -0.357 e. The fourth-order valence-electron chi connectivity index (χ4n) is 2.23. The summed E-state index contributed by atoms with van der Waals surface area (Å²) in [5.74, 6) is 1.49. The number of hydrogen-bond donors (Lipinski definition) is 3. The first kappa shape index (κ1) is 21.2. The third kappa shape index (κ3) is 6.96. The Kier molecular flexibility index (Phi) is 9.04. The number of anilines is 1. The molecule has 0 saturated heterocycles. The Labute approximate surface area is 169 Å². The van der Waals surface area contributed by atoms with Gasteiger partial charge >= 0.3 is 0 Å². The lowest BCUT2D eigenvalue weighted by Gasteiger charge is -2.11. The predicted octanol–water partition coefficient (Wildman–Crippen LogP) is 3.67. The van der Waals surface area contributed by atoms with Crippen LogP contribution < -0.4 is 16.0 Å². The van der Waals surface area contributed by atoms with Crippen molar-refractivity contribution in [3.63, 3.8) is 0 Å². The highest BCUT2D eigenvalue weighted by Gasteiger charge is 2.33. The van der Waals surface area contributed by atoms with Crippen LogP contribution in [-0.2, 0) is 4.79 Å². The number of benzene rings is 1. The number of rotatable bonds is 6. The van der Waals surface area contributed by atoms with Gasteiger partial charge in [-0.25, -0.2) is 0 Å². The van der Waals surface area contributed by atoms with Gasteiger partial charge in [0.25, 0.3) is 0 Å². The van der Waals surface area contributed by atoms with E-state index in [4.69, 9.17) is 0 Å². The summed E-state index contributed by atoms with van der Waals surface area (Å²) in [7, 11) is 0. The van der Waals surface area contributed by atoms with Gasteiger partial charge in [0.2, 0.25) is 5.91 Å². The highest BCUT2D eigenvalue weighted by Crippen LogP contribution is 2.28. The molecule has 7 heteroatoms. The molecule has 1 amide bonds. The van der Waals surface area contributed by atoms with Gasteiger partial charge in [-0.05, 0) is 43.9 Å². The zero-order valence-electron chi connectivity index (χ0n) is 14.4.